The molecule has 2 aromatic rings. The van der Waals surface area contributed by atoms with Crippen LogP contribution >= 0.6 is 36.9 Å². The van der Waals surface area contributed by atoms with E-state index in [1.165, 1.54) is 42.5 Å². The number of benzene rings is 2. The van der Waals surface area contributed by atoms with Crippen molar-refractivity contribution in [2.45, 2.75) is 108 Å². The minimum atomic E-state index is -1.73. The fraction of sp³-hybridized carbons (Fsp3) is 0.586. The number of phenols is 2. The van der Waals surface area contributed by atoms with Gasteiger partial charge in [-0.1, -0.05) is 43.6 Å². The lowest BCUT2D eigenvalue weighted by molar-refractivity contribution is -0.142. The third-order valence-electron chi connectivity index (χ3n) is 14.9. The van der Waals surface area contributed by atoms with Crippen LogP contribution in [0.1, 0.15) is 57.6 Å². The minimum Gasteiger partial charge on any atom is -0.508 e. The van der Waals surface area contributed by atoms with Gasteiger partial charge in [0.15, 0.2) is 0 Å². The molecule has 510 valence electrons. The highest BCUT2D eigenvalue weighted by Gasteiger charge is 2.43. The lowest BCUT2D eigenvalue weighted by Gasteiger charge is -2.33. The van der Waals surface area contributed by atoms with Crippen molar-refractivity contribution in [3.8, 4) is 11.5 Å². The summed E-state index contributed by atoms with van der Waals surface area (Å²) < 4.78 is 0. The topological polar surface area (TPSA) is 447 Å². The maximum Gasteiger partial charge on any atom is 0.317 e. The number of carbonyl (C=O) groups excluding carboxylic acids is 8. The van der Waals surface area contributed by atoms with Crippen molar-refractivity contribution in [1.82, 2.24) is 61.7 Å². The number of β-amino-alcohol motifs (C(OH)–C–C–N with tert-alkyl or cyclic N) is 1. The second-order valence-corrected chi connectivity index (χ2v) is 24.2. The van der Waals surface area contributed by atoms with Crippen LogP contribution in [0.4, 0.5) is 0 Å². The summed E-state index contributed by atoms with van der Waals surface area (Å²) in [5.74, 6) is -12.4. The van der Waals surface area contributed by atoms with Crippen LogP contribution in [0.25, 0.3) is 0 Å². The van der Waals surface area contributed by atoms with Crippen molar-refractivity contribution in [2.75, 3.05) is 103 Å². The van der Waals surface area contributed by atoms with E-state index in [1.54, 1.807) is 26.5 Å². The first-order valence-electron chi connectivity index (χ1n) is 29.7. The lowest BCUT2D eigenvalue weighted by Crippen LogP contribution is -2.60. The Morgan fingerprint density at radius 3 is 1.53 bits per heavy atom. The van der Waals surface area contributed by atoms with E-state index in [4.69, 9.17) is 11.6 Å². The van der Waals surface area contributed by atoms with Crippen molar-refractivity contribution in [3.05, 3.63) is 58.6 Å². The maximum atomic E-state index is 14.5. The summed E-state index contributed by atoms with van der Waals surface area (Å²) in [5, 5.41) is 87.6. The Kier molecular flexibility index (Phi) is 32.2. The minimum absolute atomic E-state index is 0.0260. The van der Waals surface area contributed by atoms with Crippen LogP contribution in [0.5, 0.6) is 11.5 Å². The average Bonchev–Trinajstić information content (AvgIpc) is 1.69. The van der Waals surface area contributed by atoms with Gasteiger partial charge in [-0.05, 0) is 61.1 Å². The number of aromatic hydroxyl groups is 2. The number of halogens is 1. The zero-order chi connectivity index (χ0) is 68.4. The number of aliphatic carboxylic acids is 4. The summed E-state index contributed by atoms with van der Waals surface area (Å²) in [6.45, 7) is 3.23. The summed E-state index contributed by atoms with van der Waals surface area (Å²) in [6, 6.07) is 0.346. The molecular formula is C58H85ClN12O19S2. The Balaban J connectivity index is 1.56. The van der Waals surface area contributed by atoms with Crippen molar-refractivity contribution < 1.29 is 93.3 Å². The van der Waals surface area contributed by atoms with E-state index in [2.05, 4.69) is 62.5 Å². The van der Waals surface area contributed by atoms with Gasteiger partial charge in [0, 0.05) is 102 Å². The summed E-state index contributed by atoms with van der Waals surface area (Å²) in [4.78, 5) is 167. The number of aliphatic hydroxyl groups excluding tert-OH is 1. The molecule has 0 aliphatic carbocycles. The number of carbonyl (C=O) groups is 12. The Morgan fingerprint density at radius 2 is 1.03 bits per heavy atom. The number of carboxylic acid groups (broad SMARTS) is 4. The second-order valence-electron chi connectivity index (χ2n) is 23.0. The normalized spacial score (nSPS) is 18.2. The summed E-state index contributed by atoms with van der Waals surface area (Å²) in [5.41, 5.74) is 0.724. The third kappa shape index (κ3) is 27.4. The number of amides is 8. The number of likely N-dealkylation sites (tertiary alicyclic amines) is 1. The van der Waals surface area contributed by atoms with Crippen LogP contribution in [0.2, 0.25) is 5.02 Å². The third-order valence-corrected chi connectivity index (χ3v) is 16.1. The molecule has 8 amide bonds. The molecular weight excluding hydrogens is 1270 g/mol. The van der Waals surface area contributed by atoms with Crippen LogP contribution in [0.3, 0.4) is 0 Å². The molecule has 14 N–H and O–H groups in total. The number of nitrogens with zero attached hydrogens (tertiary/aromatic N) is 5. The van der Waals surface area contributed by atoms with Crippen molar-refractivity contribution in [2.24, 2.45) is 5.92 Å². The number of hydrogen-bond donors (Lipinski definition) is 16. The number of thiol groups is 2. The van der Waals surface area contributed by atoms with Gasteiger partial charge in [-0.3, -0.25) is 77.1 Å². The highest BCUT2D eigenvalue weighted by molar-refractivity contribution is 7.80. The SMILES string of the molecule is CC(C)C[C@H](NC(=O)CNC(=O)[C@H](Cc1ccc(O)c(Cl)c1)NC(=O)[C@@H]1C[C@@H](O)CN1C(=O)[C@H](CS)NC(=O)[C@@H](CCC(=O)O)NC(=O)[C@H](Cc1ccc(O)cc1)NC(=O)CN1CCN(CC(=O)O)CCN(CC(=O)O)CCN(CC(=O)O)CC1)C(=O)N[C@H](C)CS. The zero-order valence-electron chi connectivity index (χ0n) is 51.3. The first-order valence-corrected chi connectivity index (χ1v) is 31.4. The number of nitrogens with one attached hydrogen (secondary N) is 7. The van der Waals surface area contributed by atoms with E-state index in [-0.39, 0.29) is 113 Å². The summed E-state index contributed by atoms with van der Waals surface area (Å²) in [6.07, 6.45) is -3.29. The van der Waals surface area contributed by atoms with Crippen LogP contribution in [-0.4, -0.2) is 283 Å². The Morgan fingerprint density at radius 1 is 0.554 bits per heavy atom. The van der Waals surface area contributed by atoms with E-state index in [1.807, 2.05) is 13.8 Å². The molecule has 0 radical (unpaired) electrons. The van der Waals surface area contributed by atoms with E-state index in [9.17, 15) is 93.3 Å². The van der Waals surface area contributed by atoms with E-state index in [0.717, 1.165) is 4.90 Å². The predicted octanol–water partition coefficient (Wildman–Crippen LogP) is -3.21. The lowest BCUT2D eigenvalue weighted by atomic mass is 10.0. The van der Waals surface area contributed by atoms with Gasteiger partial charge in [0.05, 0.1) is 43.9 Å². The molecule has 8 atom stereocenters. The molecule has 0 saturated carbocycles. The van der Waals surface area contributed by atoms with Crippen LogP contribution in [0, 0.1) is 5.92 Å². The van der Waals surface area contributed by atoms with E-state index < -0.39 is 165 Å². The van der Waals surface area contributed by atoms with Gasteiger partial charge in [0.2, 0.25) is 47.3 Å². The number of rotatable bonds is 33. The fourth-order valence-electron chi connectivity index (χ4n) is 10.1. The summed E-state index contributed by atoms with van der Waals surface area (Å²) >= 11 is 14.7. The van der Waals surface area contributed by atoms with Gasteiger partial charge >= 0.3 is 23.9 Å². The largest absolute Gasteiger partial charge is 0.508 e. The van der Waals surface area contributed by atoms with Gasteiger partial charge < -0.3 is 77.9 Å². The van der Waals surface area contributed by atoms with Crippen LogP contribution in [-0.2, 0) is 70.4 Å². The Bertz CT molecular complexity index is 2870. The van der Waals surface area contributed by atoms with Gasteiger partial charge in [-0.15, -0.1) is 0 Å². The molecule has 31 nitrogen and oxygen atoms in total. The monoisotopic (exact) mass is 1350 g/mol. The van der Waals surface area contributed by atoms with Crippen molar-refractivity contribution in [1.29, 1.82) is 0 Å². The molecule has 0 bridgehead atoms. The molecule has 0 spiro atoms. The van der Waals surface area contributed by atoms with E-state index in [0.29, 0.717) is 16.9 Å². The van der Waals surface area contributed by atoms with Crippen LogP contribution < -0.4 is 37.2 Å². The van der Waals surface area contributed by atoms with Crippen molar-refractivity contribution in [3.63, 3.8) is 0 Å². The molecule has 92 heavy (non-hydrogen) atoms. The van der Waals surface area contributed by atoms with Crippen molar-refractivity contribution >= 4 is 108 Å². The molecule has 34 heteroatoms. The highest BCUT2D eigenvalue weighted by Crippen LogP contribution is 2.25. The molecule has 2 aliphatic heterocycles. The molecule has 2 fully saturated rings. The molecule has 0 aromatic heterocycles. The maximum absolute atomic E-state index is 14.5. The second kappa shape index (κ2) is 38.5. The number of phenolic OH excluding ortho intramolecular Hbond substituents is 2. The van der Waals surface area contributed by atoms with Gasteiger partial charge in [-0.25, -0.2) is 0 Å². The Hall–Kier alpha value is -7.53. The first-order chi connectivity index (χ1) is 43.4. The summed E-state index contributed by atoms with van der Waals surface area (Å²) in [7, 11) is 0. The smallest absolute Gasteiger partial charge is 0.317 e. The molecule has 2 heterocycles. The first kappa shape index (κ1) is 76.9. The fourth-order valence-corrected chi connectivity index (χ4v) is 10.6. The average molecular weight is 1350 g/mol. The van der Waals surface area contributed by atoms with Crippen LogP contribution in [0.15, 0.2) is 42.5 Å². The molecule has 0 unspecified atom stereocenters. The van der Waals surface area contributed by atoms with Gasteiger partial charge in [-0.2, -0.15) is 25.3 Å². The van der Waals surface area contributed by atoms with E-state index >= 15 is 0 Å². The number of aliphatic hydroxyl groups is 1. The molecule has 2 aromatic carbocycles. The quantitative estimate of drug-likeness (QED) is 0.0313. The highest BCUT2D eigenvalue weighted by atomic mass is 35.5. The van der Waals surface area contributed by atoms with Gasteiger partial charge in [0.1, 0.15) is 47.8 Å². The molecule has 4 rings (SSSR count). The zero-order valence-corrected chi connectivity index (χ0v) is 53.9. The number of hydrogen-bond acceptors (Lipinski definition) is 21. The Labute approximate surface area is 547 Å². The standard InChI is InChI=1S/C58H85ClN12O19S2/c1-33(2)20-41(55(87)61-34(3)31-91)62-47(75)25-60-53(85)42(23-36-6-10-46(74)39(59)21-36)65-57(89)45-24-38(73)26-71(45)58(90)44(32-92)66-54(86)40(9-11-49(77)78)64-56(88)43(22-35-4-7-37(72)8-5-35)63-48(76)27-67-12-14-68(28-50(79)80)16-18-70(30-52(83)84)19-17-69(15-13-67)29-51(81)82/h4-8,10,21,33-34,38,40-45,72-74,91-92H,9,11-20,22-32H2,1-3H3,(H,60,85)(H,61,87)(H,62,75)(H,63,76)(H,64,88)(H,65,89)(H,66,86)(H,77,78)(H,79,80)(H,81,82)(H,83,84)/t34-,38-,40-,41+,42+,43+,44+,45+/m1/s1. The van der Waals surface area contributed by atoms with Gasteiger partial charge in [0.25, 0.3) is 0 Å². The number of carboxylic acids is 4. The molecule has 2 aliphatic rings. The predicted molar refractivity (Wildman–Crippen MR) is 338 cm³/mol. The molecule has 2 saturated heterocycles.